The molecule has 0 bridgehead atoms. The van der Waals surface area contributed by atoms with Crippen LogP contribution in [0.5, 0.6) is 0 Å². The fourth-order valence-corrected chi connectivity index (χ4v) is 2.38. The van der Waals surface area contributed by atoms with Crippen molar-refractivity contribution in [2.45, 2.75) is 13.2 Å². The number of rotatable bonds is 6. The third-order valence-electron chi connectivity index (χ3n) is 2.81. The molecule has 0 spiro atoms. The summed E-state index contributed by atoms with van der Waals surface area (Å²) >= 11 is -2.55. The number of carbonyl (C=O) groups is 1. The molecule has 1 atom stereocenters. The van der Waals surface area contributed by atoms with E-state index in [1.807, 2.05) is 30.3 Å². The molecule has 6 nitrogen and oxygen atoms in total. The summed E-state index contributed by atoms with van der Waals surface area (Å²) < 4.78 is 28.3. The van der Waals surface area contributed by atoms with Crippen LogP contribution in [0.15, 0.2) is 42.6 Å². The van der Waals surface area contributed by atoms with Crippen LogP contribution in [0, 0.1) is 0 Å². The number of esters is 1. The quantitative estimate of drug-likeness (QED) is 0.640. The maximum Gasteiger partial charge on any atom is 0.356 e. The summed E-state index contributed by atoms with van der Waals surface area (Å²) in [6, 6.07) is 10.7. The van der Waals surface area contributed by atoms with E-state index in [1.54, 1.807) is 7.05 Å². The van der Waals surface area contributed by atoms with Crippen molar-refractivity contribution in [2.75, 3.05) is 7.05 Å². The first-order valence-corrected chi connectivity index (χ1v) is 7.31. The zero-order chi connectivity index (χ0) is 15.2. The molecule has 1 unspecified atom stereocenters. The van der Waals surface area contributed by atoms with Crippen molar-refractivity contribution in [2.24, 2.45) is 0 Å². The molecular weight excluding hydrogens is 292 g/mol. The Bertz CT molecular complexity index is 640. The van der Waals surface area contributed by atoms with E-state index in [-0.39, 0.29) is 12.3 Å². The van der Waals surface area contributed by atoms with Gasteiger partial charge in [0.15, 0.2) is 0 Å². The van der Waals surface area contributed by atoms with Crippen molar-refractivity contribution in [3.8, 4) is 0 Å². The van der Waals surface area contributed by atoms with Gasteiger partial charge in [-0.2, -0.15) is 0 Å². The lowest BCUT2D eigenvalue weighted by Crippen LogP contribution is -2.14. The van der Waals surface area contributed by atoms with Gasteiger partial charge in [-0.3, -0.25) is 8.18 Å². The van der Waals surface area contributed by atoms with Crippen LogP contribution in [0.25, 0.3) is 0 Å². The molecule has 1 aromatic carbocycles. The van der Waals surface area contributed by atoms with Crippen LogP contribution in [0.2, 0.25) is 0 Å². The Morgan fingerprint density at radius 1 is 1.33 bits per heavy atom. The van der Waals surface area contributed by atoms with E-state index in [0.29, 0.717) is 12.1 Å². The van der Waals surface area contributed by atoms with E-state index in [9.17, 15) is 13.6 Å². The lowest BCUT2D eigenvalue weighted by Gasteiger charge is -2.10. The van der Waals surface area contributed by atoms with Crippen molar-refractivity contribution < 1.29 is 18.3 Å². The maximum atomic E-state index is 12.0. The molecule has 1 N–H and O–H groups in total. The zero-order valence-corrected chi connectivity index (χ0v) is 12.3. The van der Waals surface area contributed by atoms with E-state index in [2.05, 4.69) is 5.32 Å². The summed E-state index contributed by atoms with van der Waals surface area (Å²) in [7, 11) is 1.74. The van der Waals surface area contributed by atoms with E-state index in [4.69, 9.17) is 4.74 Å². The van der Waals surface area contributed by atoms with Gasteiger partial charge in [0.25, 0.3) is 0 Å². The van der Waals surface area contributed by atoms with Crippen molar-refractivity contribution in [1.82, 2.24) is 9.29 Å². The summed E-state index contributed by atoms with van der Waals surface area (Å²) in [6.45, 7) is 0.556. The van der Waals surface area contributed by atoms with Crippen molar-refractivity contribution in [3.05, 3.63) is 59.4 Å². The molecule has 2 rings (SSSR count). The Kier molecular flexibility index (Phi) is 5.26. The van der Waals surface area contributed by atoms with Crippen LogP contribution in [0.1, 0.15) is 21.6 Å². The molecule has 7 heteroatoms. The number of benzene rings is 1. The van der Waals surface area contributed by atoms with E-state index in [0.717, 1.165) is 9.54 Å². The molecule has 0 radical (unpaired) electrons. The van der Waals surface area contributed by atoms with Gasteiger partial charge in [-0.1, -0.05) is 30.3 Å². The highest BCUT2D eigenvalue weighted by Crippen LogP contribution is 2.12. The number of aromatic nitrogens is 1. The van der Waals surface area contributed by atoms with Gasteiger partial charge in [-0.25, -0.2) is 4.79 Å². The standard InChI is InChI=1S/C14H16N2O4S/c1-15-8-12-7-13(16(9-12)21(18)19)14(17)20-10-11-5-3-2-4-6-11/h2-7,9,15H,8,10H2,1H3,(H,18,19)/p-1. The lowest BCUT2D eigenvalue weighted by atomic mass is 10.2. The number of ether oxygens (including phenoxy) is 1. The van der Waals surface area contributed by atoms with E-state index < -0.39 is 17.2 Å². The minimum atomic E-state index is -2.55. The largest absolute Gasteiger partial charge is 0.755 e. The Balaban J connectivity index is 2.12. The second kappa shape index (κ2) is 7.16. The van der Waals surface area contributed by atoms with Crippen molar-refractivity contribution in [1.29, 1.82) is 0 Å². The summed E-state index contributed by atoms with van der Waals surface area (Å²) in [6.07, 6.45) is 1.39. The van der Waals surface area contributed by atoms with Crippen LogP contribution >= 0.6 is 0 Å². The minimum absolute atomic E-state index is 0.00971. The summed E-state index contributed by atoms with van der Waals surface area (Å²) in [5.41, 5.74) is 1.51. The monoisotopic (exact) mass is 307 g/mol. The van der Waals surface area contributed by atoms with Crippen LogP contribution in [0.4, 0.5) is 0 Å². The summed E-state index contributed by atoms with van der Waals surface area (Å²) in [5, 5.41) is 2.89. The van der Waals surface area contributed by atoms with Gasteiger partial charge < -0.3 is 14.6 Å². The van der Waals surface area contributed by atoms with Gasteiger partial charge >= 0.3 is 5.97 Å². The molecule has 21 heavy (non-hydrogen) atoms. The molecule has 0 aliphatic heterocycles. The number of hydrogen-bond acceptors (Lipinski definition) is 5. The SMILES string of the molecule is CNCc1cc(C(=O)OCc2ccccc2)n(S(=O)[O-])c1. The molecule has 0 aliphatic carbocycles. The zero-order valence-electron chi connectivity index (χ0n) is 11.4. The van der Waals surface area contributed by atoms with Crippen LogP contribution in [-0.2, 0) is 29.2 Å². The number of nitrogens with one attached hydrogen (secondary N) is 1. The van der Waals surface area contributed by atoms with Gasteiger partial charge in [0.2, 0.25) is 0 Å². The molecule has 0 saturated heterocycles. The summed E-state index contributed by atoms with van der Waals surface area (Å²) in [5.74, 6) is -0.676. The Labute approximate surface area is 125 Å². The smallest absolute Gasteiger partial charge is 0.356 e. The highest BCUT2D eigenvalue weighted by Gasteiger charge is 2.15. The third-order valence-corrected chi connectivity index (χ3v) is 3.43. The van der Waals surface area contributed by atoms with Gasteiger partial charge in [0.1, 0.15) is 12.3 Å². The molecule has 0 amide bonds. The molecule has 1 heterocycles. The maximum absolute atomic E-state index is 12.0. The Morgan fingerprint density at radius 2 is 2.05 bits per heavy atom. The number of carbonyl (C=O) groups excluding carboxylic acids is 1. The highest BCUT2D eigenvalue weighted by atomic mass is 32.2. The minimum Gasteiger partial charge on any atom is -0.755 e. The molecule has 112 valence electrons. The second-order valence-electron chi connectivity index (χ2n) is 4.37. The third kappa shape index (κ3) is 4.01. The van der Waals surface area contributed by atoms with Crippen molar-refractivity contribution >= 4 is 17.2 Å². The number of nitrogens with zero attached hydrogens (tertiary/aromatic N) is 1. The first kappa shape index (κ1) is 15.4. The normalized spacial score (nSPS) is 12.1. The topological polar surface area (TPSA) is 83.4 Å². The first-order chi connectivity index (χ1) is 10.1. The van der Waals surface area contributed by atoms with Crippen LogP contribution < -0.4 is 5.32 Å². The van der Waals surface area contributed by atoms with Gasteiger partial charge in [0, 0.05) is 12.7 Å². The van der Waals surface area contributed by atoms with Gasteiger partial charge in [-0.05, 0) is 24.2 Å². The number of hydrogen-bond donors (Lipinski definition) is 1. The first-order valence-electron chi connectivity index (χ1n) is 6.28. The molecule has 1 aromatic heterocycles. The summed E-state index contributed by atoms with van der Waals surface area (Å²) in [4.78, 5) is 12.0. The average Bonchev–Trinajstić information content (AvgIpc) is 2.90. The van der Waals surface area contributed by atoms with Gasteiger partial charge in [0.05, 0.1) is 11.3 Å². The van der Waals surface area contributed by atoms with E-state index in [1.165, 1.54) is 12.3 Å². The van der Waals surface area contributed by atoms with Crippen molar-refractivity contribution in [3.63, 3.8) is 0 Å². The molecule has 2 aromatic rings. The average molecular weight is 307 g/mol. The molecule has 0 saturated carbocycles. The van der Waals surface area contributed by atoms with Crippen LogP contribution in [-0.4, -0.2) is 25.8 Å². The highest BCUT2D eigenvalue weighted by molar-refractivity contribution is 7.77. The molecular formula is C14H15N2O4S-. The molecule has 0 fully saturated rings. The predicted octanol–water partition coefficient (Wildman–Crippen LogP) is 1.21. The van der Waals surface area contributed by atoms with E-state index >= 15 is 0 Å². The van der Waals surface area contributed by atoms with Crippen LogP contribution in [0.3, 0.4) is 0 Å². The Hall–Kier alpha value is -1.96. The molecule has 0 aliphatic rings. The fourth-order valence-electron chi connectivity index (χ4n) is 1.87. The second-order valence-corrected chi connectivity index (χ2v) is 5.20. The van der Waals surface area contributed by atoms with Gasteiger partial charge in [-0.15, -0.1) is 0 Å². The lowest BCUT2D eigenvalue weighted by molar-refractivity contribution is 0.0464. The Morgan fingerprint density at radius 3 is 2.67 bits per heavy atom. The fraction of sp³-hybridized carbons (Fsp3) is 0.214. The predicted molar refractivity (Wildman–Crippen MR) is 77.1 cm³/mol.